The number of ether oxygens (including phenoxy) is 1. The molecule has 4 rings (SSSR count). The summed E-state index contributed by atoms with van der Waals surface area (Å²) in [5, 5.41) is 0. The summed E-state index contributed by atoms with van der Waals surface area (Å²) < 4.78 is 6.21. The number of hydrogen-bond donors (Lipinski definition) is 0. The molecule has 1 aliphatic heterocycles. The van der Waals surface area contributed by atoms with Gasteiger partial charge in [-0.2, -0.15) is 4.98 Å². The molecule has 1 unspecified atom stereocenters. The molecule has 2 aromatic rings. The fourth-order valence-corrected chi connectivity index (χ4v) is 3.99. The van der Waals surface area contributed by atoms with Gasteiger partial charge in [0.1, 0.15) is 5.82 Å². The van der Waals surface area contributed by atoms with Crippen LogP contribution in [0.4, 0.5) is 11.8 Å². The fraction of sp³-hybridized carbons (Fsp3) is 0.571. The molecule has 2 aromatic heterocycles. The first kappa shape index (κ1) is 18.2. The number of nitrogens with zero attached hydrogens (tertiary/aromatic N) is 5. The molecule has 1 saturated heterocycles. The van der Waals surface area contributed by atoms with Gasteiger partial charge in [0.15, 0.2) is 0 Å². The molecule has 27 heavy (non-hydrogen) atoms. The highest BCUT2D eigenvalue weighted by atomic mass is 16.5. The lowest BCUT2D eigenvalue weighted by atomic mass is 9.95. The van der Waals surface area contributed by atoms with Gasteiger partial charge in [0.25, 0.3) is 0 Å². The van der Waals surface area contributed by atoms with Gasteiger partial charge in [0.2, 0.25) is 5.95 Å². The van der Waals surface area contributed by atoms with Gasteiger partial charge in [0, 0.05) is 45.1 Å². The summed E-state index contributed by atoms with van der Waals surface area (Å²) in [6, 6.07) is 4.03. The lowest BCUT2D eigenvalue weighted by Crippen LogP contribution is -2.41. The van der Waals surface area contributed by atoms with E-state index in [4.69, 9.17) is 14.7 Å². The number of aromatic nitrogens is 3. The van der Waals surface area contributed by atoms with Crippen LogP contribution in [0, 0.1) is 0 Å². The molecule has 144 valence electrons. The van der Waals surface area contributed by atoms with E-state index in [1.807, 2.05) is 31.3 Å². The van der Waals surface area contributed by atoms with Crippen molar-refractivity contribution in [3.8, 4) is 0 Å². The van der Waals surface area contributed by atoms with Crippen LogP contribution in [0.3, 0.4) is 0 Å². The minimum Gasteiger partial charge on any atom is -0.372 e. The summed E-state index contributed by atoms with van der Waals surface area (Å²) in [6.45, 7) is 2.57. The van der Waals surface area contributed by atoms with Gasteiger partial charge >= 0.3 is 0 Å². The van der Waals surface area contributed by atoms with E-state index in [-0.39, 0.29) is 6.10 Å². The van der Waals surface area contributed by atoms with Crippen LogP contribution in [0.15, 0.2) is 24.5 Å². The van der Waals surface area contributed by atoms with E-state index < -0.39 is 0 Å². The third-order valence-corrected chi connectivity index (χ3v) is 5.44. The van der Waals surface area contributed by atoms with Gasteiger partial charge in [-0.3, -0.25) is 4.98 Å². The summed E-state index contributed by atoms with van der Waals surface area (Å²) >= 11 is 0. The molecule has 6 nitrogen and oxygen atoms in total. The van der Waals surface area contributed by atoms with E-state index >= 15 is 0 Å². The Bertz CT molecular complexity index is 765. The molecule has 6 heteroatoms. The predicted molar refractivity (Wildman–Crippen MR) is 107 cm³/mol. The molecule has 0 amide bonds. The topological polar surface area (TPSA) is 54.4 Å². The zero-order valence-electron chi connectivity index (χ0n) is 16.4. The van der Waals surface area contributed by atoms with Crippen molar-refractivity contribution in [3.05, 3.63) is 41.3 Å². The summed E-state index contributed by atoms with van der Waals surface area (Å²) in [6.07, 6.45) is 10.8. The van der Waals surface area contributed by atoms with Crippen molar-refractivity contribution in [2.24, 2.45) is 0 Å². The Balaban J connectivity index is 1.51. The highest BCUT2D eigenvalue weighted by Gasteiger charge is 2.27. The molecule has 1 fully saturated rings. The van der Waals surface area contributed by atoms with Crippen LogP contribution in [-0.4, -0.2) is 48.2 Å². The Labute approximate surface area is 161 Å². The van der Waals surface area contributed by atoms with E-state index in [0.29, 0.717) is 6.61 Å². The molecule has 1 aliphatic carbocycles. The highest BCUT2D eigenvalue weighted by molar-refractivity contribution is 5.54. The predicted octanol–water partition coefficient (Wildman–Crippen LogP) is 3.00. The van der Waals surface area contributed by atoms with Crippen LogP contribution in [-0.2, 0) is 24.2 Å². The lowest BCUT2D eigenvalue weighted by Gasteiger charge is -2.36. The normalized spacial score (nSPS) is 19.6. The Hall–Kier alpha value is -2.21. The molecule has 0 radical (unpaired) electrons. The number of hydrogen-bond acceptors (Lipinski definition) is 6. The summed E-state index contributed by atoms with van der Waals surface area (Å²) in [4.78, 5) is 18.4. The third-order valence-electron chi connectivity index (χ3n) is 5.44. The van der Waals surface area contributed by atoms with Gasteiger partial charge in [-0.05, 0) is 50.2 Å². The van der Waals surface area contributed by atoms with Crippen LogP contribution < -0.4 is 9.80 Å². The molecule has 2 aliphatic rings. The van der Waals surface area contributed by atoms with Crippen molar-refractivity contribution in [3.63, 3.8) is 0 Å². The van der Waals surface area contributed by atoms with Gasteiger partial charge in [-0.15, -0.1) is 0 Å². The second-order valence-electron chi connectivity index (χ2n) is 7.76. The first-order chi connectivity index (χ1) is 13.2. The maximum absolute atomic E-state index is 6.21. The summed E-state index contributed by atoms with van der Waals surface area (Å²) in [5.41, 5.74) is 3.73. The molecule has 0 spiro atoms. The fourth-order valence-electron chi connectivity index (χ4n) is 3.99. The van der Waals surface area contributed by atoms with Crippen molar-refractivity contribution in [2.75, 3.05) is 37.0 Å². The van der Waals surface area contributed by atoms with Crippen molar-refractivity contribution in [1.29, 1.82) is 0 Å². The van der Waals surface area contributed by atoms with Crippen LogP contribution in [0.1, 0.15) is 42.5 Å². The van der Waals surface area contributed by atoms with Crippen LogP contribution in [0.2, 0.25) is 0 Å². The van der Waals surface area contributed by atoms with E-state index in [1.54, 1.807) is 6.20 Å². The number of piperidine rings is 1. The monoisotopic (exact) mass is 367 g/mol. The Morgan fingerprint density at radius 3 is 2.89 bits per heavy atom. The molecular weight excluding hydrogens is 338 g/mol. The van der Waals surface area contributed by atoms with Crippen molar-refractivity contribution in [2.45, 2.75) is 51.2 Å². The van der Waals surface area contributed by atoms with Crippen molar-refractivity contribution < 1.29 is 4.74 Å². The maximum atomic E-state index is 6.21. The Morgan fingerprint density at radius 2 is 2.07 bits per heavy atom. The van der Waals surface area contributed by atoms with Gasteiger partial charge in [0.05, 0.1) is 18.4 Å². The second kappa shape index (κ2) is 8.21. The minimum atomic E-state index is 0.232. The first-order valence-electron chi connectivity index (χ1n) is 10.0. The minimum absolute atomic E-state index is 0.232. The molecule has 0 bridgehead atoms. The van der Waals surface area contributed by atoms with E-state index in [2.05, 4.69) is 16.0 Å². The van der Waals surface area contributed by atoms with Crippen LogP contribution in [0.25, 0.3) is 0 Å². The van der Waals surface area contributed by atoms with Crippen LogP contribution >= 0.6 is 0 Å². The molecule has 0 aromatic carbocycles. The van der Waals surface area contributed by atoms with Crippen LogP contribution in [0.5, 0.6) is 0 Å². The van der Waals surface area contributed by atoms with E-state index in [0.717, 1.165) is 56.1 Å². The van der Waals surface area contributed by atoms with Gasteiger partial charge < -0.3 is 14.5 Å². The standard InChI is InChI=1S/C21H29N5O/c1-25(2)21-23-19-10-4-3-9-18(19)20(24-21)26-12-6-8-17(14-26)27-15-16-7-5-11-22-13-16/h5,7,11,13,17H,3-4,6,8-10,12,14-15H2,1-2H3. The van der Waals surface area contributed by atoms with E-state index in [1.165, 1.54) is 24.1 Å². The Morgan fingerprint density at radius 1 is 1.19 bits per heavy atom. The summed E-state index contributed by atoms with van der Waals surface area (Å²) in [5.74, 6) is 1.96. The highest BCUT2D eigenvalue weighted by Crippen LogP contribution is 2.31. The van der Waals surface area contributed by atoms with Crippen molar-refractivity contribution in [1.82, 2.24) is 15.0 Å². The largest absolute Gasteiger partial charge is 0.372 e. The summed E-state index contributed by atoms with van der Waals surface area (Å²) in [7, 11) is 4.04. The SMILES string of the molecule is CN(C)c1nc2c(c(N3CCCC(OCc4cccnc4)C3)n1)CCCC2. The lowest BCUT2D eigenvalue weighted by molar-refractivity contribution is 0.0312. The average molecular weight is 367 g/mol. The van der Waals surface area contributed by atoms with Gasteiger partial charge in [-0.25, -0.2) is 4.98 Å². The zero-order valence-corrected chi connectivity index (χ0v) is 16.4. The maximum Gasteiger partial charge on any atom is 0.227 e. The average Bonchev–Trinajstić information content (AvgIpc) is 2.72. The Kier molecular flexibility index (Phi) is 5.53. The number of pyridine rings is 1. The second-order valence-corrected chi connectivity index (χ2v) is 7.76. The molecule has 0 saturated carbocycles. The molecule has 3 heterocycles. The zero-order chi connectivity index (χ0) is 18.6. The number of fused-ring (bicyclic) bond motifs is 1. The smallest absolute Gasteiger partial charge is 0.227 e. The molecular formula is C21H29N5O. The number of rotatable bonds is 5. The van der Waals surface area contributed by atoms with Crippen molar-refractivity contribution >= 4 is 11.8 Å². The van der Waals surface area contributed by atoms with E-state index in [9.17, 15) is 0 Å². The number of anilines is 2. The third kappa shape index (κ3) is 4.21. The first-order valence-corrected chi connectivity index (χ1v) is 10.0. The quantitative estimate of drug-likeness (QED) is 0.810. The molecule has 1 atom stereocenters. The number of aryl methyl sites for hydroxylation is 1. The van der Waals surface area contributed by atoms with Gasteiger partial charge in [-0.1, -0.05) is 6.07 Å². The molecule has 0 N–H and O–H groups in total.